The molecule has 0 aliphatic rings. The molecule has 0 amide bonds. The van der Waals surface area contributed by atoms with Gasteiger partial charge >= 0.3 is 0 Å². The molecule has 18 heavy (non-hydrogen) atoms. The van der Waals surface area contributed by atoms with Gasteiger partial charge in [-0.1, -0.05) is 25.2 Å². The monoisotopic (exact) mass is 285 g/mol. The standard InChI is InChI=1S/C12H16ClN3OS/c1-8(2)14-7-3-4-11-15-16-12(18-11)9-5-6-10(13)17-9/h5-6,8,14H,3-4,7H2,1-2H3. The van der Waals surface area contributed by atoms with E-state index in [1.807, 2.05) is 6.07 Å². The molecule has 2 aromatic heterocycles. The third-order valence-electron chi connectivity index (χ3n) is 2.37. The molecule has 0 saturated heterocycles. The SMILES string of the molecule is CC(C)NCCCc1nnc(-c2ccc(Cl)o2)s1. The first-order valence-corrected chi connectivity index (χ1v) is 7.16. The molecule has 0 atom stereocenters. The second-order valence-electron chi connectivity index (χ2n) is 4.32. The number of rotatable bonds is 6. The molecule has 0 radical (unpaired) electrons. The second-order valence-corrected chi connectivity index (χ2v) is 5.75. The van der Waals surface area contributed by atoms with Crippen molar-refractivity contribution in [3.05, 3.63) is 22.4 Å². The van der Waals surface area contributed by atoms with Gasteiger partial charge in [0.05, 0.1) is 0 Å². The summed E-state index contributed by atoms with van der Waals surface area (Å²) in [6, 6.07) is 4.05. The lowest BCUT2D eigenvalue weighted by molar-refractivity contribution is 0.569. The predicted molar refractivity (Wildman–Crippen MR) is 74.1 cm³/mol. The summed E-state index contributed by atoms with van der Waals surface area (Å²) in [6.07, 6.45) is 2.00. The fraction of sp³-hybridized carbons (Fsp3) is 0.500. The van der Waals surface area contributed by atoms with Gasteiger partial charge in [-0.3, -0.25) is 0 Å². The largest absolute Gasteiger partial charge is 0.442 e. The van der Waals surface area contributed by atoms with Gasteiger partial charge in [-0.25, -0.2) is 0 Å². The molecule has 0 spiro atoms. The van der Waals surface area contributed by atoms with E-state index in [0.717, 1.165) is 29.4 Å². The Morgan fingerprint density at radius 1 is 1.39 bits per heavy atom. The Labute approximate surface area is 115 Å². The molecule has 4 nitrogen and oxygen atoms in total. The summed E-state index contributed by atoms with van der Waals surface area (Å²) in [4.78, 5) is 0. The number of nitrogens with zero attached hydrogens (tertiary/aromatic N) is 2. The molecule has 0 unspecified atom stereocenters. The van der Waals surface area contributed by atoms with Crippen LogP contribution < -0.4 is 5.32 Å². The third-order valence-corrected chi connectivity index (χ3v) is 3.57. The summed E-state index contributed by atoms with van der Waals surface area (Å²) in [5.74, 6) is 0.684. The highest BCUT2D eigenvalue weighted by molar-refractivity contribution is 7.14. The second kappa shape index (κ2) is 6.31. The minimum absolute atomic E-state index is 0.378. The van der Waals surface area contributed by atoms with Crippen LogP contribution in [0.3, 0.4) is 0 Å². The van der Waals surface area contributed by atoms with Crippen LogP contribution in [0, 0.1) is 0 Å². The Hall–Kier alpha value is -0.910. The van der Waals surface area contributed by atoms with Gasteiger partial charge in [-0.05, 0) is 36.7 Å². The van der Waals surface area contributed by atoms with E-state index in [1.165, 1.54) is 0 Å². The average molecular weight is 286 g/mol. The van der Waals surface area contributed by atoms with Gasteiger partial charge in [-0.15, -0.1) is 10.2 Å². The first-order valence-electron chi connectivity index (χ1n) is 5.96. The van der Waals surface area contributed by atoms with Crippen LogP contribution in [0.4, 0.5) is 0 Å². The van der Waals surface area contributed by atoms with Crippen LogP contribution in [0.5, 0.6) is 0 Å². The zero-order chi connectivity index (χ0) is 13.0. The van der Waals surface area contributed by atoms with Gasteiger partial charge in [0.1, 0.15) is 5.01 Å². The summed E-state index contributed by atoms with van der Waals surface area (Å²) in [6.45, 7) is 5.28. The number of hydrogen-bond donors (Lipinski definition) is 1. The Morgan fingerprint density at radius 3 is 2.89 bits per heavy atom. The van der Waals surface area contributed by atoms with Crippen molar-refractivity contribution < 1.29 is 4.42 Å². The summed E-state index contributed by atoms with van der Waals surface area (Å²) in [5, 5.41) is 13.8. The van der Waals surface area contributed by atoms with Crippen molar-refractivity contribution in [2.45, 2.75) is 32.7 Å². The van der Waals surface area contributed by atoms with E-state index in [1.54, 1.807) is 17.4 Å². The van der Waals surface area contributed by atoms with E-state index in [0.29, 0.717) is 17.0 Å². The molecule has 6 heteroatoms. The molecule has 2 aromatic rings. The lowest BCUT2D eigenvalue weighted by Crippen LogP contribution is -2.23. The number of aromatic nitrogens is 2. The molecule has 0 aliphatic heterocycles. The Bertz CT molecular complexity index is 495. The van der Waals surface area contributed by atoms with Crippen LogP contribution in [0.2, 0.25) is 5.22 Å². The summed E-state index contributed by atoms with van der Waals surface area (Å²) in [5.41, 5.74) is 0. The lowest BCUT2D eigenvalue weighted by Gasteiger charge is -2.05. The fourth-order valence-electron chi connectivity index (χ4n) is 1.51. The molecule has 2 rings (SSSR count). The van der Waals surface area contributed by atoms with Crippen LogP contribution in [-0.2, 0) is 6.42 Å². The average Bonchev–Trinajstić information content (AvgIpc) is 2.93. The summed E-state index contributed by atoms with van der Waals surface area (Å²) >= 11 is 7.29. The zero-order valence-electron chi connectivity index (χ0n) is 10.4. The van der Waals surface area contributed by atoms with Crippen molar-refractivity contribution in [2.24, 2.45) is 0 Å². The van der Waals surface area contributed by atoms with Crippen LogP contribution in [0.1, 0.15) is 25.3 Å². The fourth-order valence-corrected chi connectivity index (χ4v) is 2.50. The first kappa shape index (κ1) is 13.5. The summed E-state index contributed by atoms with van der Waals surface area (Å²) < 4.78 is 5.30. The maximum absolute atomic E-state index is 5.73. The number of hydrogen-bond acceptors (Lipinski definition) is 5. The predicted octanol–water partition coefficient (Wildman–Crippen LogP) is 3.38. The molecule has 0 bridgehead atoms. The molecule has 2 heterocycles. The molecule has 98 valence electrons. The quantitative estimate of drug-likeness (QED) is 0.827. The van der Waals surface area contributed by atoms with E-state index >= 15 is 0 Å². The minimum atomic E-state index is 0.378. The van der Waals surface area contributed by atoms with E-state index in [-0.39, 0.29) is 0 Å². The molecular formula is C12H16ClN3OS. The highest BCUT2D eigenvalue weighted by Crippen LogP contribution is 2.27. The van der Waals surface area contributed by atoms with Crippen molar-refractivity contribution in [1.29, 1.82) is 0 Å². The van der Waals surface area contributed by atoms with Gasteiger partial charge in [0.25, 0.3) is 0 Å². The topological polar surface area (TPSA) is 51.0 Å². The molecule has 0 aromatic carbocycles. The van der Waals surface area contributed by atoms with E-state index in [4.69, 9.17) is 16.0 Å². The van der Waals surface area contributed by atoms with Crippen molar-refractivity contribution >= 4 is 22.9 Å². The van der Waals surface area contributed by atoms with E-state index < -0.39 is 0 Å². The van der Waals surface area contributed by atoms with Gasteiger partial charge < -0.3 is 9.73 Å². The van der Waals surface area contributed by atoms with Crippen LogP contribution in [0.15, 0.2) is 16.5 Å². The highest BCUT2D eigenvalue weighted by atomic mass is 35.5. The maximum Gasteiger partial charge on any atom is 0.194 e. The lowest BCUT2D eigenvalue weighted by atomic mass is 10.3. The molecule has 0 aliphatic carbocycles. The molecule has 0 saturated carbocycles. The van der Waals surface area contributed by atoms with Gasteiger partial charge in [0.15, 0.2) is 16.0 Å². The number of furan rings is 1. The Morgan fingerprint density at radius 2 is 2.22 bits per heavy atom. The Balaban J connectivity index is 1.86. The summed E-state index contributed by atoms with van der Waals surface area (Å²) in [7, 11) is 0. The van der Waals surface area contributed by atoms with Gasteiger partial charge in [0.2, 0.25) is 0 Å². The number of halogens is 1. The van der Waals surface area contributed by atoms with Crippen molar-refractivity contribution in [1.82, 2.24) is 15.5 Å². The minimum Gasteiger partial charge on any atom is -0.442 e. The van der Waals surface area contributed by atoms with Crippen LogP contribution in [-0.4, -0.2) is 22.8 Å². The number of nitrogens with one attached hydrogen (secondary N) is 1. The van der Waals surface area contributed by atoms with Gasteiger partial charge in [0, 0.05) is 12.5 Å². The van der Waals surface area contributed by atoms with Crippen molar-refractivity contribution in [2.75, 3.05) is 6.54 Å². The first-order chi connectivity index (χ1) is 8.65. The molecule has 0 fully saturated rings. The third kappa shape index (κ3) is 3.80. The van der Waals surface area contributed by atoms with Crippen LogP contribution in [0.25, 0.3) is 10.8 Å². The normalized spacial score (nSPS) is 11.3. The Kier molecular flexibility index (Phi) is 4.74. The zero-order valence-corrected chi connectivity index (χ0v) is 12.0. The highest BCUT2D eigenvalue weighted by Gasteiger charge is 2.10. The smallest absolute Gasteiger partial charge is 0.194 e. The molecular weight excluding hydrogens is 270 g/mol. The van der Waals surface area contributed by atoms with Gasteiger partial charge in [-0.2, -0.15) is 0 Å². The van der Waals surface area contributed by atoms with Crippen molar-refractivity contribution in [3.8, 4) is 10.8 Å². The van der Waals surface area contributed by atoms with Crippen LogP contribution >= 0.6 is 22.9 Å². The molecule has 1 N–H and O–H groups in total. The van der Waals surface area contributed by atoms with Crippen molar-refractivity contribution in [3.63, 3.8) is 0 Å². The number of aryl methyl sites for hydroxylation is 1. The van der Waals surface area contributed by atoms with E-state index in [2.05, 4.69) is 29.4 Å². The maximum atomic E-state index is 5.73. The van der Waals surface area contributed by atoms with E-state index in [9.17, 15) is 0 Å².